The third-order valence-electron chi connectivity index (χ3n) is 3.26. The van der Waals surface area contributed by atoms with E-state index in [-0.39, 0.29) is 0 Å². The van der Waals surface area contributed by atoms with Gasteiger partial charge in [0.05, 0.1) is 0 Å². The molecule has 0 unspecified atom stereocenters. The molecule has 1 aliphatic carbocycles. The first kappa shape index (κ1) is 12.7. The van der Waals surface area contributed by atoms with Crippen LogP contribution in [0.4, 0.5) is 5.82 Å². The lowest BCUT2D eigenvalue weighted by atomic mass is 10.2. The first-order valence-corrected chi connectivity index (χ1v) is 8.01. The van der Waals surface area contributed by atoms with Crippen LogP contribution < -0.4 is 5.32 Å². The molecular weight excluding hydrogens is 228 g/mol. The number of hydrogen-bond acceptors (Lipinski definition) is 3. The normalized spacial score (nSPS) is 13.7. The van der Waals surface area contributed by atoms with E-state index in [4.69, 9.17) is 0 Å². The van der Waals surface area contributed by atoms with Crippen molar-refractivity contribution in [1.82, 2.24) is 4.98 Å². The minimum Gasteiger partial charge on any atom is -0.370 e. The molecule has 0 aliphatic heterocycles. The van der Waals surface area contributed by atoms with E-state index >= 15 is 0 Å². The highest BCUT2D eigenvalue weighted by atomic mass is 32.2. The largest absolute Gasteiger partial charge is 0.370 e. The first-order valence-electron chi connectivity index (χ1n) is 6.62. The highest BCUT2D eigenvalue weighted by Gasteiger charge is 2.11. The van der Waals surface area contributed by atoms with Crippen molar-refractivity contribution in [3.63, 3.8) is 0 Å². The number of aromatic nitrogens is 1. The van der Waals surface area contributed by atoms with Crippen LogP contribution in [0.5, 0.6) is 0 Å². The molecule has 0 saturated heterocycles. The Morgan fingerprint density at radius 1 is 1.24 bits per heavy atom. The molecule has 2 rings (SSSR count). The average Bonchev–Trinajstić information content (AvgIpc) is 2.81. The fraction of sp³-hybridized carbons (Fsp3) is 0.643. The SMILES string of the molecule is CSCCCCCNc1ccc2c(n1)CCC2. The molecule has 0 saturated carbocycles. The molecule has 94 valence electrons. The molecule has 1 aliphatic rings. The second kappa shape index (κ2) is 6.90. The molecule has 1 N–H and O–H groups in total. The first-order chi connectivity index (χ1) is 8.40. The Bertz CT molecular complexity index is 352. The Morgan fingerprint density at radius 2 is 2.18 bits per heavy atom. The molecule has 0 fully saturated rings. The minimum atomic E-state index is 1.06. The molecule has 0 atom stereocenters. The van der Waals surface area contributed by atoms with Crippen molar-refractivity contribution in [2.45, 2.75) is 38.5 Å². The van der Waals surface area contributed by atoms with Crippen LogP contribution in [0.1, 0.15) is 36.9 Å². The van der Waals surface area contributed by atoms with Gasteiger partial charge in [0.2, 0.25) is 0 Å². The number of thioether (sulfide) groups is 1. The van der Waals surface area contributed by atoms with Crippen molar-refractivity contribution in [1.29, 1.82) is 0 Å². The van der Waals surface area contributed by atoms with Gasteiger partial charge in [0.15, 0.2) is 0 Å². The summed E-state index contributed by atoms with van der Waals surface area (Å²) in [5.74, 6) is 2.35. The maximum atomic E-state index is 4.67. The summed E-state index contributed by atoms with van der Waals surface area (Å²) in [6.07, 6.45) is 9.74. The topological polar surface area (TPSA) is 24.9 Å². The third kappa shape index (κ3) is 3.91. The zero-order valence-electron chi connectivity index (χ0n) is 10.7. The summed E-state index contributed by atoms with van der Waals surface area (Å²) in [5, 5.41) is 3.43. The van der Waals surface area contributed by atoms with E-state index in [2.05, 4.69) is 28.7 Å². The summed E-state index contributed by atoms with van der Waals surface area (Å²) in [7, 11) is 0. The highest BCUT2D eigenvalue weighted by molar-refractivity contribution is 7.98. The molecular formula is C14H22N2S. The van der Waals surface area contributed by atoms with Crippen LogP contribution in [-0.2, 0) is 12.8 Å². The molecule has 3 heteroatoms. The molecule has 2 nitrogen and oxygen atoms in total. The van der Waals surface area contributed by atoms with E-state index < -0.39 is 0 Å². The van der Waals surface area contributed by atoms with E-state index in [1.54, 1.807) is 0 Å². The smallest absolute Gasteiger partial charge is 0.126 e. The highest BCUT2D eigenvalue weighted by Crippen LogP contribution is 2.21. The van der Waals surface area contributed by atoms with Gasteiger partial charge >= 0.3 is 0 Å². The molecule has 17 heavy (non-hydrogen) atoms. The number of hydrogen-bond donors (Lipinski definition) is 1. The number of unbranched alkanes of at least 4 members (excludes halogenated alkanes) is 2. The molecule has 1 heterocycles. The van der Waals surface area contributed by atoms with Crippen molar-refractivity contribution in [3.05, 3.63) is 23.4 Å². The number of nitrogens with one attached hydrogen (secondary N) is 1. The van der Waals surface area contributed by atoms with Crippen molar-refractivity contribution >= 4 is 17.6 Å². The van der Waals surface area contributed by atoms with E-state index in [1.165, 1.54) is 55.5 Å². The standard InChI is InChI=1S/C14H22N2S/c1-17-11-4-2-3-10-15-14-9-8-12-6-5-7-13(12)16-14/h8-9H,2-7,10-11H2,1H3,(H,15,16). The van der Waals surface area contributed by atoms with Crippen LogP contribution in [-0.4, -0.2) is 23.5 Å². The molecule has 0 radical (unpaired) electrons. The van der Waals surface area contributed by atoms with Crippen LogP contribution in [0, 0.1) is 0 Å². The Hall–Kier alpha value is -0.700. The van der Waals surface area contributed by atoms with Crippen LogP contribution in [0.15, 0.2) is 12.1 Å². The monoisotopic (exact) mass is 250 g/mol. The molecule has 1 aromatic heterocycles. The van der Waals surface area contributed by atoms with Gasteiger partial charge in [-0.1, -0.05) is 12.5 Å². The lowest BCUT2D eigenvalue weighted by Gasteiger charge is -2.07. The zero-order valence-corrected chi connectivity index (χ0v) is 11.5. The Kier molecular flexibility index (Phi) is 5.17. The average molecular weight is 250 g/mol. The lowest BCUT2D eigenvalue weighted by Crippen LogP contribution is -2.04. The predicted octanol–water partition coefficient (Wildman–Crippen LogP) is 3.52. The molecule has 0 bridgehead atoms. The van der Waals surface area contributed by atoms with Crippen LogP contribution in [0.3, 0.4) is 0 Å². The van der Waals surface area contributed by atoms with Crippen LogP contribution in [0.2, 0.25) is 0 Å². The van der Waals surface area contributed by atoms with Crippen LogP contribution in [0.25, 0.3) is 0 Å². The number of fused-ring (bicyclic) bond motifs is 1. The van der Waals surface area contributed by atoms with Crippen LogP contribution >= 0.6 is 11.8 Å². The Labute approximate surface area is 109 Å². The molecule has 0 aromatic carbocycles. The second-order valence-electron chi connectivity index (χ2n) is 4.64. The Balaban J connectivity index is 1.69. The number of nitrogens with zero attached hydrogens (tertiary/aromatic N) is 1. The van der Waals surface area contributed by atoms with Gasteiger partial charge in [-0.25, -0.2) is 4.98 Å². The van der Waals surface area contributed by atoms with Gasteiger partial charge in [-0.2, -0.15) is 11.8 Å². The van der Waals surface area contributed by atoms with E-state index in [0.29, 0.717) is 0 Å². The van der Waals surface area contributed by atoms with Gasteiger partial charge in [-0.3, -0.25) is 0 Å². The van der Waals surface area contributed by atoms with E-state index in [9.17, 15) is 0 Å². The number of aryl methyl sites for hydroxylation is 2. The van der Waals surface area contributed by atoms with Gasteiger partial charge in [0.1, 0.15) is 5.82 Å². The van der Waals surface area contributed by atoms with Gasteiger partial charge < -0.3 is 5.32 Å². The minimum absolute atomic E-state index is 1.06. The third-order valence-corrected chi connectivity index (χ3v) is 3.96. The van der Waals surface area contributed by atoms with E-state index in [1.807, 2.05) is 11.8 Å². The van der Waals surface area contributed by atoms with Crippen molar-refractivity contribution < 1.29 is 0 Å². The number of rotatable bonds is 7. The predicted molar refractivity (Wildman–Crippen MR) is 77.0 cm³/mol. The van der Waals surface area contributed by atoms with E-state index in [0.717, 1.165) is 12.4 Å². The maximum Gasteiger partial charge on any atom is 0.126 e. The Morgan fingerprint density at radius 3 is 3.06 bits per heavy atom. The summed E-state index contributed by atoms with van der Waals surface area (Å²) >= 11 is 1.94. The fourth-order valence-corrected chi connectivity index (χ4v) is 2.78. The summed E-state index contributed by atoms with van der Waals surface area (Å²) in [5.41, 5.74) is 2.77. The van der Waals surface area contributed by atoms with Gasteiger partial charge in [-0.15, -0.1) is 0 Å². The van der Waals surface area contributed by atoms with Gasteiger partial charge in [-0.05, 0) is 55.7 Å². The quantitative estimate of drug-likeness (QED) is 0.750. The van der Waals surface area contributed by atoms with Gasteiger partial charge in [0, 0.05) is 12.2 Å². The summed E-state index contributed by atoms with van der Waals surface area (Å²) in [6.45, 7) is 1.06. The van der Waals surface area contributed by atoms with Gasteiger partial charge in [0.25, 0.3) is 0 Å². The molecule has 0 amide bonds. The molecule has 1 aromatic rings. The number of anilines is 1. The zero-order chi connectivity index (χ0) is 11.9. The maximum absolute atomic E-state index is 4.67. The van der Waals surface area contributed by atoms with Crippen molar-refractivity contribution in [2.75, 3.05) is 23.9 Å². The summed E-state index contributed by atoms with van der Waals surface area (Å²) < 4.78 is 0. The van der Waals surface area contributed by atoms with Crippen molar-refractivity contribution in [3.8, 4) is 0 Å². The van der Waals surface area contributed by atoms with Crippen molar-refractivity contribution in [2.24, 2.45) is 0 Å². The number of pyridine rings is 1. The molecule has 0 spiro atoms. The fourth-order valence-electron chi connectivity index (χ4n) is 2.28. The summed E-state index contributed by atoms with van der Waals surface area (Å²) in [6, 6.07) is 4.37. The summed E-state index contributed by atoms with van der Waals surface area (Å²) in [4.78, 5) is 4.67. The lowest BCUT2D eigenvalue weighted by molar-refractivity contribution is 0.748. The second-order valence-corrected chi connectivity index (χ2v) is 5.62.